The standard InChI is InChI=1S/C22H27N5O4/c1-6-25-20-9-14(2)16(10-18(20)15(3)12-22(25,4)5)13-23-24-19-8-7-17(26(28)29)11-21(19)27(30)31/h7-11,13,15,24H,6,12H2,1-5H3/b23-13-/t15-/m1/s1. The van der Waals surface area contributed by atoms with Gasteiger partial charge >= 0.3 is 5.69 Å². The molecule has 0 radical (unpaired) electrons. The molecule has 2 aromatic carbocycles. The van der Waals surface area contributed by atoms with Gasteiger partial charge < -0.3 is 4.90 Å². The van der Waals surface area contributed by atoms with Crippen molar-refractivity contribution in [3.05, 3.63) is 67.3 Å². The van der Waals surface area contributed by atoms with Crippen LogP contribution in [0.4, 0.5) is 22.7 Å². The molecule has 0 saturated carbocycles. The van der Waals surface area contributed by atoms with E-state index < -0.39 is 15.5 Å². The summed E-state index contributed by atoms with van der Waals surface area (Å²) in [6.45, 7) is 11.8. The zero-order valence-electron chi connectivity index (χ0n) is 18.4. The van der Waals surface area contributed by atoms with Gasteiger partial charge in [0.2, 0.25) is 0 Å². The quantitative estimate of drug-likeness (QED) is 0.378. The van der Waals surface area contributed by atoms with E-state index in [1.165, 1.54) is 23.4 Å². The Morgan fingerprint density at radius 1 is 1.23 bits per heavy atom. The van der Waals surface area contributed by atoms with Gasteiger partial charge in [-0.05, 0) is 74.9 Å². The molecule has 31 heavy (non-hydrogen) atoms. The third kappa shape index (κ3) is 4.35. The number of hydrogen-bond donors (Lipinski definition) is 1. The first-order valence-corrected chi connectivity index (χ1v) is 10.2. The number of nitro benzene ring substituents is 2. The van der Waals surface area contributed by atoms with Crippen LogP contribution in [0.3, 0.4) is 0 Å². The average Bonchev–Trinajstić information content (AvgIpc) is 2.68. The second-order valence-electron chi connectivity index (χ2n) is 8.52. The highest BCUT2D eigenvalue weighted by atomic mass is 16.6. The average molecular weight is 425 g/mol. The number of nitrogens with zero attached hydrogens (tertiary/aromatic N) is 4. The summed E-state index contributed by atoms with van der Waals surface area (Å²) in [6.07, 6.45) is 2.67. The van der Waals surface area contributed by atoms with Gasteiger partial charge in [-0.3, -0.25) is 25.7 Å². The fraction of sp³-hybridized carbons (Fsp3) is 0.409. The molecule has 0 unspecified atom stereocenters. The summed E-state index contributed by atoms with van der Waals surface area (Å²) in [6, 6.07) is 7.72. The number of nitrogens with one attached hydrogen (secondary N) is 1. The van der Waals surface area contributed by atoms with Crippen molar-refractivity contribution in [2.45, 2.75) is 52.5 Å². The molecule has 1 aliphatic heterocycles. The van der Waals surface area contributed by atoms with Crippen molar-refractivity contribution in [2.24, 2.45) is 5.10 Å². The molecule has 0 bridgehead atoms. The first-order valence-electron chi connectivity index (χ1n) is 10.2. The first kappa shape index (κ1) is 22.2. The molecule has 9 nitrogen and oxygen atoms in total. The van der Waals surface area contributed by atoms with Gasteiger partial charge in [0.1, 0.15) is 5.69 Å². The zero-order valence-corrected chi connectivity index (χ0v) is 18.4. The molecule has 1 aliphatic rings. The van der Waals surface area contributed by atoms with Gasteiger partial charge in [-0.2, -0.15) is 5.10 Å². The van der Waals surface area contributed by atoms with Gasteiger partial charge in [-0.25, -0.2) is 0 Å². The smallest absolute Gasteiger partial charge is 0.301 e. The van der Waals surface area contributed by atoms with E-state index in [1.54, 1.807) is 6.21 Å². The summed E-state index contributed by atoms with van der Waals surface area (Å²) < 4.78 is 0. The molecule has 0 aliphatic carbocycles. The topological polar surface area (TPSA) is 114 Å². The molecular weight excluding hydrogens is 398 g/mol. The predicted molar refractivity (Wildman–Crippen MR) is 122 cm³/mol. The van der Waals surface area contributed by atoms with Crippen LogP contribution in [0.1, 0.15) is 56.7 Å². The lowest BCUT2D eigenvalue weighted by molar-refractivity contribution is -0.393. The van der Waals surface area contributed by atoms with Crippen molar-refractivity contribution in [2.75, 3.05) is 16.9 Å². The summed E-state index contributed by atoms with van der Waals surface area (Å²) in [5.74, 6) is 0.393. The molecule has 3 rings (SSSR count). The highest BCUT2D eigenvalue weighted by molar-refractivity contribution is 5.85. The normalized spacial score (nSPS) is 17.5. The van der Waals surface area contributed by atoms with Crippen LogP contribution >= 0.6 is 0 Å². The SMILES string of the molecule is CCN1c2cc(C)c(/C=N\Nc3ccc([N+](=O)[O-])cc3[N+](=O)[O-])cc2[C@H](C)CC1(C)C. The number of anilines is 2. The van der Waals surface area contributed by atoms with Crippen molar-refractivity contribution >= 4 is 29.0 Å². The zero-order chi connectivity index (χ0) is 22.9. The predicted octanol–water partition coefficient (Wildman–Crippen LogP) is 5.37. The fourth-order valence-corrected chi connectivity index (χ4v) is 4.44. The van der Waals surface area contributed by atoms with Crippen LogP contribution in [0, 0.1) is 27.2 Å². The van der Waals surface area contributed by atoms with Gasteiger partial charge in [-0.1, -0.05) is 6.92 Å². The van der Waals surface area contributed by atoms with Crippen LogP contribution in [0.15, 0.2) is 35.4 Å². The van der Waals surface area contributed by atoms with Crippen molar-refractivity contribution in [3.63, 3.8) is 0 Å². The Balaban J connectivity index is 1.90. The maximum Gasteiger partial charge on any atom is 0.301 e. The minimum absolute atomic E-state index is 0.0830. The van der Waals surface area contributed by atoms with Gasteiger partial charge in [-0.15, -0.1) is 0 Å². The van der Waals surface area contributed by atoms with E-state index >= 15 is 0 Å². The molecule has 0 saturated heterocycles. The van der Waals surface area contributed by atoms with E-state index in [0.717, 1.165) is 30.2 Å². The molecular formula is C22H27N5O4. The lowest BCUT2D eigenvalue weighted by atomic mass is 9.79. The molecule has 164 valence electrons. The number of benzene rings is 2. The Hall–Kier alpha value is -3.49. The van der Waals surface area contributed by atoms with Gasteiger partial charge in [0, 0.05) is 23.8 Å². The summed E-state index contributed by atoms with van der Waals surface area (Å²) in [5.41, 5.74) is 6.54. The summed E-state index contributed by atoms with van der Waals surface area (Å²) >= 11 is 0. The Bertz CT molecular complexity index is 1060. The molecule has 0 fully saturated rings. The second kappa shape index (κ2) is 8.33. The van der Waals surface area contributed by atoms with Crippen LogP contribution in [0.25, 0.3) is 0 Å². The second-order valence-corrected chi connectivity index (χ2v) is 8.52. The number of fused-ring (bicyclic) bond motifs is 1. The lowest BCUT2D eigenvalue weighted by Gasteiger charge is -2.47. The molecule has 1 heterocycles. The molecule has 0 amide bonds. The first-order chi connectivity index (χ1) is 14.5. The van der Waals surface area contributed by atoms with E-state index in [1.807, 2.05) is 6.92 Å². The van der Waals surface area contributed by atoms with E-state index in [-0.39, 0.29) is 16.9 Å². The molecule has 1 atom stereocenters. The van der Waals surface area contributed by atoms with Crippen molar-refractivity contribution in [1.82, 2.24) is 0 Å². The summed E-state index contributed by atoms with van der Waals surface area (Å²) in [4.78, 5) is 23.2. The monoisotopic (exact) mass is 425 g/mol. The Morgan fingerprint density at radius 2 is 1.94 bits per heavy atom. The number of rotatable bonds is 6. The number of aryl methyl sites for hydroxylation is 1. The summed E-state index contributed by atoms with van der Waals surface area (Å²) in [5, 5.41) is 26.3. The highest BCUT2D eigenvalue weighted by Crippen LogP contribution is 2.44. The van der Waals surface area contributed by atoms with Gasteiger partial charge in [0.25, 0.3) is 5.69 Å². The number of hydrogen-bond acceptors (Lipinski definition) is 7. The van der Waals surface area contributed by atoms with Crippen LogP contribution in [0.2, 0.25) is 0 Å². The third-order valence-electron chi connectivity index (χ3n) is 5.87. The van der Waals surface area contributed by atoms with Crippen LogP contribution < -0.4 is 10.3 Å². The molecule has 0 spiro atoms. The maximum atomic E-state index is 11.3. The largest absolute Gasteiger partial charge is 0.366 e. The van der Waals surface area contributed by atoms with Gasteiger partial charge in [0.15, 0.2) is 0 Å². The minimum Gasteiger partial charge on any atom is -0.366 e. The molecule has 2 aromatic rings. The molecule has 0 aromatic heterocycles. The molecule has 1 N–H and O–H groups in total. The van der Waals surface area contributed by atoms with Crippen LogP contribution in [0.5, 0.6) is 0 Å². The Kier molecular flexibility index (Phi) is 5.97. The van der Waals surface area contributed by atoms with Crippen molar-refractivity contribution in [3.8, 4) is 0 Å². The van der Waals surface area contributed by atoms with Crippen LogP contribution in [-0.2, 0) is 0 Å². The Morgan fingerprint density at radius 3 is 2.55 bits per heavy atom. The minimum atomic E-state index is -0.669. The van der Waals surface area contributed by atoms with Crippen LogP contribution in [-0.4, -0.2) is 28.1 Å². The van der Waals surface area contributed by atoms with E-state index in [9.17, 15) is 20.2 Å². The number of hydrazone groups is 1. The van der Waals surface area contributed by atoms with E-state index in [2.05, 4.69) is 55.3 Å². The summed E-state index contributed by atoms with van der Waals surface area (Å²) in [7, 11) is 0. The van der Waals surface area contributed by atoms with E-state index in [0.29, 0.717) is 5.92 Å². The third-order valence-corrected chi connectivity index (χ3v) is 5.87. The lowest BCUT2D eigenvalue weighted by Crippen LogP contribution is -2.48. The number of nitro groups is 2. The van der Waals surface area contributed by atoms with Crippen molar-refractivity contribution in [1.29, 1.82) is 0 Å². The fourth-order valence-electron chi connectivity index (χ4n) is 4.44. The highest BCUT2D eigenvalue weighted by Gasteiger charge is 2.35. The molecule has 9 heteroatoms. The van der Waals surface area contributed by atoms with Gasteiger partial charge in [0.05, 0.1) is 22.1 Å². The maximum absolute atomic E-state index is 11.3. The van der Waals surface area contributed by atoms with E-state index in [4.69, 9.17) is 0 Å². The number of non-ortho nitro benzene ring substituents is 1. The van der Waals surface area contributed by atoms with Crippen molar-refractivity contribution < 1.29 is 9.85 Å². The Labute approximate surface area is 181 Å².